The summed E-state index contributed by atoms with van der Waals surface area (Å²) in [5.41, 5.74) is 6.37. The first-order valence-corrected chi connectivity index (χ1v) is 7.10. The van der Waals surface area contributed by atoms with Gasteiger partial charge in [0.05, 0.1) is 0 Å². The Morgan fingerprint density at radius 1 is 1.47 bits per heavy atom. The number of carbonyl (C=O) groups excluding carboxylic acids is 1. The van der Waals surface area contributed by atoms with Crippen LogP contribution < -0.4 is 5.73 Å². The van der Waals surface area contributed by atoms with Gasteiger partial charge in [0.15, 0.2) is 0 Å². The molecule has 0 saturated carbocycles. The summed E-state index contributed by atoms with van der Waals surface area (Å²) in [6, 6.07) is 0. The molecule has 1 heterocycles. The third kappa shape index (κ3) is 4.86. The van der Waals surface area contributed by atoms with Crippen molar-refractivity contribution in [3.8, 4) is 0 Å². The Morgan fingerprint density at radius 3 is 2.58 bits per heavy atom. The minimum atomic E-state index is -0.430. The van der Waals surface area contributed by atoms with Gasteiger partial charge in [-0.15, -0.1) is 0 Å². The third-order valence-electron chi connectivity index (χ3n) is 3.55. The molecule has 4 nitrogen and oxygen atoms in total. The lowest BCUT2D eigenvalue weighted by atomic mass is 9.81. The largest absolute Gasteiger partial charge is 0.444 e. The molecular weight excluding hydrogens is 240 g/mol. The van der Waals surface area contributed by atoms with Crippen molar-refractivity contribution in [2.75, 3.05) is 19.6 Å². The molecule has 1 rings (SSSR count). The number of likely N-dealkylation sites (tertiary alicyclic amines) is 1. The van der Waals surface area contributed by atoms with Crippen LogP contribution in [0.4, 0.5) is 4.79 Å². The predicted molar refractivity (Wildman–Crippen MR) is 77.9 cm³/mol. The van der Waals surface area contributed by atoms with Crippen LogP contribution in [0.1, 0.15) is 40.5 Å². The maximum Gasteiger partial charge on any atom is 0.410 e. The van der Waals surface area contributed by atoms with Crippen LogP contribution in [0.25, 0.3) is 0 Å². The summed E-state index contributed by atoms with van der Waals surface area (Å²) >= 11 is 0. The zero-order chi connectivity index (χ0) is 14.6. The SMILES string of the molecule is C=C(CCN)C1CCN(C(=O)OC(C)(C)C)CC1C. The van der Waals surface area contributed by atoms with E-state index >= 15 is 0 Å². The number of nitrogens with two attached hydrogens (primary N) is 1. The molecule has 0 spiro atoms. The Balaban J connectivity index is 2.54. The van der Waals surface area contributed by atoms with E-state index in [1.165, 1.54) is 5.57 Å². The molecule has 1 aliphatic heterocycles. The molecule has 0 bridgehead atoms. The Bertz CT molecular complexity index is 334. The van der Waals surface area contributed by atoms with Gasteiger partial charge >= 0.3 is 6.09 Å². The van der Waals surface area contributed by atoms with E-state index in [1.54, 1.807) is 0 Å². The van der Waals surface area contributed by atoms with E-state index in [1.807, 2.05) is 25.7 Å². The molecule has 0 aliphatic carbocycles. The lowest BCUT2D eigenvalue weighted by Gasteiger charge is -2.38. The highest BCUT2D eigenvalue weighted by Gasteiger charge is 2.31. The second-order valence-corrected chi connectivity index (χ2v) is 6.50. The molecule has 0 aromatic heterocycles. The highest BCUT2D eigenvalue weighted by molar-refractivity contribution is 5.68. The molecule has 110 valence electrons. The zero-order valence-corrected chi connectivity index (χ0v) is 12.7. The normalized spacial score (nSPS) is 24.2. The molecular formula is C15H28N2O2. The summed E-state index contributed by atoms with van der Waals surface area (Å²) in [5.74, 6) is 0.891. The van der Waals surface area contributed by atoms with Crippen molar-refractivity contribution in [1.82, 2.24) is 4.90 Å². The van der Waals surface area contributed by atoms with Gasteiger partial charge in [0.1, 0.15) is 5.60 Å². The first-order valence-electron chi connectivity index (χ1n) is 7.10. The summed E-state index contributed by atoms with van der Waals surface area (Å²) in [5, 5.41) is 0. The van der Waals surface area contributed by atoms with Gasteiger partial charge in [-0.25, -0.2) is 4.79 Å². The first-order chi connectivity index (χ1) is 8.74. The summed E-state index contributed by atoms with van der Waals surface area (Å²) in [6.07, 6.45) is 1.63. The Labute approximate surface area is 117 Å². The van der Waals surface area contributed by atoms with Gasteiger partial charge in [-0.3, -0.25) is 0 Å². The van der Waals surface area contributed by atoms with E-state index in [4.69, 9.17) is 10.5 Å². The van der Waals surface area contributed by atoms with Crippen molar-refractivity contribution < 1.29 is 9.53 Å². The van der Waals surface area contributed by atoms with Crippen LogP contribution in [0.5, 0.6) is 0 Å². The fraction of sp³-hybridized carbons (Fsp3) is 0.800. The zero-order valence-electron chi connectivity index (χ0n) is 12.7. The van der Waals surface area contributed by atoms with Crippen LogP contribution in [0, 0.1) is 11.8 Å². The van der Waals surface area contributed by atoms with Gasteiger partial charge < -0.3 is 15.4 Å². The smallest absolute Gasteiger partial charge is 0.410 e. The van der Waals surface area contributed by atoms with E-state index < -0.39 is 5.60 Å². The van der Waals surface area contributed by atoms with Gasteiger partial charge in [0.25, 0.3) is 0 Å². The van der Waals surface area contributed by atoms with E-state index in [2.05, 4.69) is 13.5 Å². The maximum atomic E-state index is 12.0. The topological polar surface area (TPSA) is 55.6 Å². The monoisotopic (exact) mass is 268 g/mol. The lowest BCUT2D eigenvalue weighted by Crippen LogP contribution is -2.45. The van der Waals surface area contributed by atoms with Crippen LogP contribution in [0.2, 0.25) is 0 Å². The maximum absolute atomic E-state index is 12.0. The van der Waals surface area contributed by atoms with Crippen LogP contribution >= 0.6 is 0 Å². The number of rotatable bonds is 3. The summed E-state index contributed by atoms with van der Waals surface area (Å²) in [6.45, 7) is 14.1. The number of nitrogens with zero attached hydrogens (tertiary/aromatic N) is 1. The third-order valence-corrected chi connectivity index (χ3v) is 3.55. The second-order valence-electron chi connectivity index (χ2n) is 6.50. The number of hydrogen-bond donors (Lipinski definition) is 1. The van der Waals surface area contributed by atoms with Crippen LogP contribution in [0.15, 0.2) is 12.2 Å². The quantitative estimate of drug-likeness (QED) is 0.801. The van der Waals surface area contributed by atoms with Gasteiger partial charge in [0, 0.05) is 13.1 Å². The van der Waals surface area contributed by atoms with Crippen LogP contribution in [0.3, 0.4) is 0 Å². The molecule has 0 radical (unpaired) electrons. The number of ether oxygens (including phenoxy) is 1. The lowest BCUT2D eigenvalue weighted by molar-refractivity contribution is 0.0135. The molecule has 0 aromatic rings. The Morgan fingerprint density at radius 2 is 2.11 bits per heavy atom. The molecule has 2 unspecified atom stereocenters. The fourth-order valence-electron chi connectivity index (χ4n) is 2.62. The molecule has 1 fully saturated rings. The van der Waals surface area contributed by atoms with Crippen LogP contribution in [-0.4, -0.2) is 36.2 Å². The van der Waals surface area contributed by atoms with E-state index in [0.29, 0.717) is 18.4 Å². The van der Waals surface area contributed by atoms with Crippen molar-refractivity contribution >= 4 is 6.09 Å². The van der Waals surface area contributed by atoms with Crippen molar-refractivity contribution in [3.05, 3.63) is 12.2 Å². The molecule has 19 heavy (non-hydrogen) atoms. The van der Waals surface area contributed by atoms with E-state index in [0.717, 1.165) is 25.9 Å². The van der Waals surface area contributed by atoms with Gasteiger partial charge in [-0.1, -0.05) is 19.1 Å². The second kappa shape index (κ2) is 6.42. The number of amides is 1. The molecule has 4 heteroatoms. The molecule has 2 atom stereocenters. The predicted octanol–water partition coefficient (Wildman–Crippen LogP) is 2.78. The average molecular weight is 268 g/mol. The van der Waals surface area contributed by atoms with E-state index in [9.17, 15) is 4.79 Å². The standard InChI is InChI=1S/C15H28N2O2/c1-11(6-8-16)13-7-9-17(10-12(13)2)14(18)19-15(3,4)5/h12-13H,1,6-10,16H2,2-5H3. The van der Waals surface area contributed by atoms with Crippen molar-refractivity contribution in [1.29, 1.82) is 0 Å². The number of carbonyl (C=O) groups is 1. The molecule has 2 N–H and O–H groups in total. The summed E-state index contributed by atoms with van der Waals surface area (Å²) in [4.78, 5) is 13.8. The van der Waals surface area contributed by atoms with Crippen LogP contribution in [-0.2, 0) is 4.74 Å². The van der Waals surface area contributed by atoms with Gasteiger partial charge in [-0.2, -0.15) is 0 Å². The number of hydrogen-bond acceptors (Lipinski definition) is 3. The van der Waals surface area contributed by atoms with Crippen molar-refractivity contribution in [3.63, 3.8) is 0 Å². The van der Waals surface area contributed by atoms with E-state index in [-0.39, 0.29) is 6.09 Å². The minimum absolute atomic E-state index is 0.206. The van der Waals surface area contributed by atoms with Crippen molar-refractivity contribution in [2.24, 2.45) is 17.6 Å². The minimum Gasteiger partial charge on any atom is -0.444 e. The Hall–Kier alpha value is -1.03. The molecule has 0 aromatic carbocycles. The average Bonchev–Trinajstić information content (AvgIpc) is 2.26. The van der Waals surface area contributed by atoms with Gasteiger partial charge in [0.2, 0.25) is 0 Å². The molecule has 1 saturated heterocycles. The summed E-state index contributed by atoms with van der Waals surface area (Å²) in [7, 11) is 0. The number of piperidine rings is 1. The van der Waals surface area contributed by atoms with Crippen molar-refractivity contribution in [2.45, 2.75) is 46.1 Å². The fourth-order valence-corrected chi connectivity index (χ4v) is 2.62. The highest BCUT2D eigenvalue weighted by Crippen LogP contribution is 2.30. The first kappa shape index (κ1) is 16.0. The Kier molecular flexibility index (Phi) is 5.41. The van der Waals surface area contributed by atoms with Gasteiger partial charge in [-0.05, 0) is 52.0 Å². The molecule has 1 amide bonds. The molecule has 1 aliphatic rings. The summed E-state index contributed by atoms with van der Waals surface area (Å²) < 4.78 is 5.41. The highest BCUT2D eigenvalue weighted by atomic mass is 16.6.